The molecule has 1 atom stereocenters. The molecule has 6 heteroatoms. The molecule has 0 spiro atoms. The summed E-state index contributed by atoms with van der Waals surface area (Å²) in [6.45, 7) is 7.77. The maximum absolute atomic E-state index is 12.6. The van der Waals surface area contributed by atoms with Crippen molar-refractivity contribution in [1.82, 2.24) is 0 Å². The van der Waals surface area contributed by atoms with E-state index in [0.717, 1.165) is 23.6 Å². The van der Waals surface area contributed by atoms with Crippen molar-refractivity contribution < 1.29 is 24.0 Å². The Balaban J connectivity index is 2.12. The van der Waals surface area contributed by atoms with Gasteiger partial charge in [0.2, 0.25) is 5.91 Å². The molecule has 1 aliphatic heterocycles. The molecular weight excluding hydrogens is 308 g/mol. The van der Waals surface area contributed by atoms with Gasteiger partial charge >= 0.3 is 5.97 Å². The smallest absolute Gasteiger partial charge is 0.310 e. The zero-order valence-electron chi connectivity index (χ0n) is 14.5. The zero-order chi connectivity index (χ0) is 17.7. The van der Waals surface area contributed by atoms with Crippen molar-refractivity contribution in [3.8, 4) is 0 Å². The van der Waals surface area contributed by atoms with E-state index in [4.69, 9.17) is 4.74 Å². The first-order valence-corrected chi connectivity index (χ1v) is 8.47. The fourth-order valence-electron chi connectivity index (χ4n) is 3.11. The second-order valence-electron chi connectivity index (χ2n) is 5.84. The van der Waals surface area contributed by atoms with E-state index in [2.05, 4.69) is 0 Å². The molecular formula is C18H25N2O4+. The van der Waals surface area contributed by atoms with Crippen LogP contribution in [0, 0.1) is 0 Å². The molecule has 0 unspecified atom stereocenters. The summed E-state index contributed by atoms with van der Waals surface area (Å²) < 4.78 is 4.91. The van der Waals surface area contributed by atoms with E-state index in [9.17, 15) is 14.4 Å². The SMILES string of the molecule is CCOC(=O)Cc1ccc(N2C(=O)C[C@H]([NH+](CC)CC)C2=O)cc1. The molecule has 1 heterocycles. The summed E-state index contributed by atoms with van der Waals surface area (Å²) in [5, 5.41) is 0. The van der Waals surface area contributed by atoms with E-state index in [1.54, 1.807) is 31.2 Å². The van der Waals surface area contributed by atoms with Gasteiger partial charge in [-0.15, -0.1) is 0 Å². The highest BCUT2D eigenvalue weighted by atomic mass is 16.5. The van der Waals surface area contributed by atoms with E-state index in [0.29, 0.717) is 12.3 Å². The zero-order valence-corrected chi connectivity index (χ0v) is 14.5. The standard InChI is InChI=1S/C18H24N2O4/c1-4-19(5-2)15-12-16(21)20(18(15)23)14-9-7-13(8-10-14)11-17(22)24-6-3/h7-10,15H,4-6,11-12H2,1-3H3/p+1/t15-/m0/s1. The number of hydrogen-bond acceptors (Lipinski definition) is 4. The monoisotopic (exact) mass is 333 g/mol. The first-order valence-electron chi connectivity index (χ1n) is 8.47. The molecule has 0 bridgehead atoms. The van der Waals surface area contributed by atoms with Crippen LogP contribution in [0.3, 0.4) is 0 Å². The van der Waals surface area contributed by atoms with Crippen molar-refractivity contribution >= 4 is 23.5 Å². The molecule has 2 rings (SSSR count). The molecule has 1 N–H and O–H groups in total. The third-order valence-corrected chi connectivity index (χ3v) is 4.40. The quantitative estimate of drug-likeness (QED) is 0.577. The Morgan fingerprint density at radius 1 is 1.17 bits per heavy atom. The predicted octanol–water partition coefficient (Wildman–Crippen LogP) is 0.349. The number of benzene rings is 1. The predicted molar refractivity (Wildman–Crippen MR) is 89.7 cm³/mol. The Labute approximate surface area is 142 Å². The Morgan fingerprint density at radius 3 is 2.33 bits per heavy atom. The lowest BCUT2D eigenvalue weighted by atomic mass is 10.1. The first-order chi connectivity index (χ1) is 11.5. The van der Waals surface area contributed by atoms with Gasteiger partial charge in [-0.25, -0.2) is 4.90 Å². The topological polar surface area (TPSA) is 68.1 Å². The van der Waals surface area contributed by atoms with Gasteiger partial charge in [-0.1, -0.05) is 12.1 Å². The Kier molecular flexibility index (Phi) is 6.09. The van der Waals surface area contributed by atoms with Gasteiger partial charge in [-0.3, -0.25) is 14.4 Å². The number of carbonyl (C=O) groups excluding carboxylic acids is 3. The fourth-order valence-corrected chi connectivity index (χ4v) is 3.11. The maximum atomic E-state index is 12.6. The number of imide groups is 1. The van der Waals surface area contributed by atoms with Crippen LogP contribution in [0.4, 0.5) is 5.69 Å². The van der Waals surface area contributed by atoms with Crippen molar-refractivity contribution in [3.05, 3.63) is 29.8 Å². The third kappa shape index (κ3) is 3.82. The number of amides is 2. The van der Waals surface area contributed by atoms with E-state index in [-0.39, 0.29) is 36.7 Å². The minimum Gasteiger partial charge on any atom is -0.466 e. The van der Waals surface area contributed by atoms with Gasteiger partial charge in [0, 0.05) is 0 Å². The Hall–Kier alpha value is -2.21. The van der Waals surface area contributed by atoms with Gasteiger partial charge in [0.1, 0.15) is 0 Å². The van der Waals surface area contributed by atoms with E-state index < -0.39 is 0 Å². The number of anilines is 1. The molecule has 1 aliphatic rings. The number of nitrogens with zero attached hydrogens (tertiary/aromatic N) is 1. The molecule has 0 aliphatic carbocycles. The number of nitrogens with one attached hydrogen (secondary N) is 1. The van der Waals surface area contributed by atoms with E-state index in [1.165, 1.54) is 4.90 Å². The molecule has 1 aromatic rings. The van der Waals surface area contributed by atoms with Gasteiger partial charge < -0.3 is 9.64 Å². The molecule has 1 aromatic carbocycles. The molecule has 2 amide bonds. The normalized spacial score (nSPS) is 17.7. The number of likely N-dealkylation sites (N-methyl/N-ethyl adjacent to an activating group) is 1. The number of hydrogen-bond donors (Lipinski definition) is 1. The van der Waals surface area contributed by atoms with E-state index >= 15 is 0 Å². The summed E-state index contributed by atoms with van der Waals surface area (Å²) in [4.78, 5) is 38.8. The van der Waals surface area contributed by atoms with Crippen molar-refractivity contribution in [2.45, 2.75) is 39.7 Å². The van der Waals surface area contributed by atoms with Crippen molar-refractivity contribution in [2.75, 3.05) is 24.6 Å². The number of ether oxygens (including phenoxy) is 1. The lowest BCUT2D eigenvalue weighted by Gasteiger charge is -2.21. The lowest BCUT2D eigenvalue weighted by molar-refractivity contribution is -0.911. The molecule has 24 heavy (non-hydrogen) atoms. The summed E-state index contributed by atoms with van der Waals surface area (Å²) in [6.07, 6.45) is 0.433. The Bertz CT molecular complexity index is 608. The van der Waals surface area contributed by atoms with Crippen molar-refractivity contribution in [2.24, 2.45) is 0 Å². The number of rotatable bonds is 7. The van der Waals surface area contributed by atoms with Crippen LogP contribution in [-0.2, 0) is 25.5 Å². The van der Waals surface area contributed by atoms with Crippen molar-refractivity contribution in [3.63, 3.8) is 0 Å². The summed E-state index contributed by atoms with van der Waals surface area (Å²) >= 11 is 0. The minimum atomic E-state index is -0.299. The summed E-state index contributed by atoms with van der Waals surface area (Å²) in [6, 6.07) is 6.63. The molecule has 1 saturated heterocycles. The molecule has 0 radical (unpaired) electrons. The van der Waals surface area contributed by atoms with E-state index in [1.807, 2.05) is 13.8 Å². The van der Waals surface area contributed by atoms with Gasteiger partial charge in [-0.05, 0) is 38.5 Å². The summed E-state index contributed by atoms with van der Waals surface area (Å²) in [7, 11) is 0. The van der Waals surface area contributed by atoms with Gasteiger partial charge in [-0.2, -0.15) is 0 Å². The van der Waals surface area contributed by atoms with Crippen LogP contribution in [0.1, 0.15) is 32.8 Å². The molecule has 1 fully saturated rings. The summed E-state index contributed by atoms with van der Waals surface area (Å²) in [5.41, 5.74) is 1.36. The van der Waals surface area contributed by atoms with Crippen LogP contribution in [0.5, 0.6) is 0 Å². The van der Waals surface area contributed by atoms with Crippen LogP contribution in [-0.4, -0.2) is 43.5 Å². The van der Waals surface area contributed by atoms with Crippen LogP contribution >= 0.6 is 0 Å². The molecule has 6 nitrogen and oxygen atoms in total. The van der Waals surface area contributed by atoms with Crippen molar-refractivity contribution in [1.29, 1.82) is 0 Å². The highest BCUT2D eigenvalue weighted by molar-refractivity contribution is 6.21. The molecule has 130 valence electrons. The third-order valence-electron chi connectivity index (χ3n) is 4.40. The second kappa shape index (κ2) is 8.06. The molecule has 0 aromatic heterocycles. The van der Waals surface area contributed by atoms with Gasteiger partial charge in [0.25, 0.3) is 5.91 Å². The maximum Gasteiger partial charge on any atom is 0.310 e. The number of carbonyl (C=O) groups is 3. The highest BCUT2D eigenvalue weighted by Gasteiger charge is 2.44. The Morgan fingerprint density at radius 2 is 1.79 bits per heavy atom. The highest BCUT2D eigenvalue weighted by Crippen LogP contribution is 2.22. The molecule has 0 saturated carbocycles. The van der Waals surface area contributed by atoms with Crippen LogP contribution in [0.2, 0.25) is 0 Å². The van der Waals surface area contributed by atoms with Crippen LogP contribution < -0.4 is 9.80 Å². The van der Waals surface area contributed by atoms with Gasteiger partial charge in [0.15, 0.2) is 6.04 Å². The number of esters is 1. The largest absolute Gasteiger partial charge is 0.466 e. The number of quaternary nitrogens is 1. The van der Waals surface area contributed by atoms with Gasteiger partial charge in [0.05, 0.1) is 38.2 Å². The minimum absolute atomic E-state index is 0.142. The average molecular weight is 333 g/mol. The lowest BCUT2D eigenvalue weighted by Crippen LogP contribution is -3.16. The average Bonchev–Trinajstić information content (AvgIpc) is 2.85. The first kappa shape index (κ1) is 18.1. The van der Waals surface area contributed by atoms with Crippen LogP contribution in [0.25, 0.3) is 0 Å². The van der Waals surface area contributed by atoms with Crippen LogP contribution in [0.15, 0.2) is 24.3 Å². The summed E-state index contributed by atoms with van der Waals surface area (Å²) in [5.74, 6) is -0.594. The second-order valence-corrected chi connectivity index (χ2v) is 5.84. The fraction of sp³-hybridized carbons (Fsp3) is 0.500.